The molecule has 10 heteroatoms. The summed E-state index contributed by atoms with van der Waals surface area (Å²) in [7, 11) is 0. The number of fused-ring (bicyclic) bond motifs is 1. The van der Waals surface area contributed by atoms with Gasteiger partial charge in [0.25, 0.3) is 11.1 Å². The van der Waals surface area contributed by atoms with Crippen molar-refractivity contribution in [3.63, 3.8) is 0 Å². The van der Waals surface area contributed by atoms with Crippen molar-refractivity contribution in [3.8, 4) is 0 Å². The molecule has 1 atom stereocenters. The Kier molecular flexibility index (Phi) is 7.30. The molecule has 0 bridgehead atoms. The fourth-order valence-electron chi connectivity index (χ4n) is 4.86. The highest BCUT2D eigenvalue weighted by Gasteiger charge is 2.50. The average Bonchev–Trinajstić information content (AvgIpc) is 3.21. The molecule has 0 saturated carbocycles. The second-order valence-electron chi connectivity index (χ2n) is 10.1. The summed E-state index contributed by atoms with van der Waals surface area (Å²) in [4.78, 5) is 33.0. The van der Waals surface area contributed by atoms with Crippen LogP contribution in [0.4, 0.5) is 4.79 Å². The maximum atomic E-state index is 13.4. The summed E-state index contributed by atoms with van der Waals surface area (Å²) in [6.45, 7) is 9.06. The second kappa shape index (κ2) is 10.1. The Hall–Kier alpha value is -2.75. The lowest BCUT2D eigenvalue weighted by Crippen LogP contribution is -2.51. The molecule has 9 nitrogen and oxygen atoms in total. The molecule has 1 saturated heterocycles. The molecule has 0 spiro atoms. The lowest BCUT2D eigenvalue weighted by molar-refractivity contribution is -0.124. The molecule has 1 aromatic rings. The number of hydrazone groups is 1. The van der Waals surface area contributed by atoms with Gasteiger partial charge in [-0.1, -0.05) is 29.8 Å². The largest absolute Gasteiger partial charge is 0.465 e. The average molecular weight is 502 g/mol. The highest BCUT2D eigenvalue weighted by atomic mass is 35.5. The highest BCUT2D eigenvalue weighted by Crippen LogP contribution is 2.33. The number of halogens is 1. The van der Waals surface area contributed by atoms with Crippen molar-refractivity contribution >= 4 is 34.7 Å². The van der Waals surface area contributed by atoms with Crippen LogP contribution in [0.3, 0.4) is 0 Å². The van der Waals surface area contributed by atoms with Gasteiger partial charge in [0.15, 0.2) is 0 Å². The number of carbonyl (C=O) groups excluding carboxylic acids is 1. The molecule has 1 unspecified atom stereocenters. The number of carbonyl (C=O) groups is 2. The van der Waals surface area contributed by atoms with E-state index in [-0.39, 0.29) is 23.7 Å². The van der Waals surface area contributed by atoms with Crippen LogP contribution in [0, 0.1) is 12.8 Å². The van der Waals surface area contributed by atoms with Crippen LogP contribution in [0.25, 0.3) is 0 Å². The van der Waals surface area contributed by atoms with Gasteiger partial charge < -0.3 is 9.84 Å². The Bertz CT molecular complexity index is 1090. The molecule has 0 aromatic heterocycles. The Morgan fingerprint density at radius 1 is 1.34 bits per heavy atom. The number of aryl methyl sites for hydroxylation is 1. The van der Waals surface area contributed by atoms with Crippen LogP contribution < -0.4 is 5.01 Å². The predicted molar refractivity (Wildman–Crippen MR) is 134 cm³/mol. The van der Waals surface area contributed by atoms with Crippen LogP contribution in [0.1, 0.15) is 57.2 Å². The Labute approximate surface area is 210 Å². The maximum Gasteiger partial charge on any atom is 0.408 e. The number of amidine groups is 2. The fraction of sp³-hybridized carbons (Fsp3) is 0.520. The first-order valence-electron chi connectivity index (χ1n) is 11.9. The molecular weight excluding hydrogens is 470 g/mol. The molecule has 0 aliphatic carbocycles. The summed E-state index contributed by atoms with van der Waals surface area (Å²) in [5.41, 5.74) is 1.60. The molecule has 1 N–H and O–H groups in total. The normalized spacial score (nSPS) is 20.2. The SMILES string of the molecule is Cc1cccc(C(CCN2C(=O)C3=CN=C(C4CCOCC4)[N+]3N=C2Cl)N(C(=O)O)C(C)(C)C)c1. The van der Waals surface area contributed by atoms with E-state index in [2.05, 4.69) is 10.1 Å². The van der Waals surface area contributed by atoms with Gasteiger partial charge in [-0.25, -0.2) is 4.79 Å². The lowest BCUT2D eigenvalue weighted by atomic mass is 9.95. The van der Waals surface area contributed by atoms with E-state index in [4.69, 9.17) is 16.3 Å². The van der Waals surface area contributed by atoms with E-state index in [0.717, 1.165) is 29.8 Å². The Balaban J connectivity index is 1.57. The third-order valence-corrected chi connectivity index (χ3v) is 6.79. The van der Waals surface area contributed by atoms with E-state index >= 15 is 0 Å². The molecular formula is C25H32ClN5O4+. The van der Waals surface area contributed by atoms with E-state index in [9.17, 15) is 14.7 Å². The lowest BCUT2D eigenvalue weighted by Gasteiger charge is -2.40. The van der Waals surface area contributed by atoms with E-state index in [1.54, 1.807) is 11.2 Å². The number of amides is 2. The second-order valence-corrected chi connectivity index (χ2v) is 10.4. The summed E-state index contributed by atoms with van der Waals surface area (Å²) in [6.07, 6.45) is 2.51. The van der Waals surface area contributed by atoms with Crippen molar-refractivity contribution in [1.82, 2.24) is 14.8 Å². The molecule has 2 amide bonds. The number of rotatable bonds is 6. The molecule has 187 valence electrons. The number of carboxylic acid groups (broad SMARTS) is 1. The van der Waals surface area contributed by atoms with Gasteiger partial charge in [-0.2, -0.15) is 4.99 Å². The summed E-state index contributed by atoms with van der Waals surface area (Å²) < 4.78 is 5.44. The quantitative estimate of drug-likeness (QED) is 0.461. The van der Waals surface area contributed by atoms with Crippen LogP contribution in [-0.2, 0) is 9.53 Å². The van der Waals surface area contributed by atoms with E-state index in [1.807, 2.05) is 52.0 Å². The first-order chi connectivity index (χ1) is 16.6. The Morgan fingerprint density at radius 2 is 2.06 bits per heavy atom. The van der Waals surface area contributed by atoms with Gasteiger partial charge in [-0.05, 0) is 64.1 Å². The molecule has 1 radical (unpaired) electrons. The van der Waals surface area contributed by atoms with Crippen LogP contribution in [0.2, 0.25) is 0 Å². The first kappa shape index (κ1) is 25.3. The molecule has 1 fully saturated rings. The summed E-state index contributed by atoms with van der Waals surface area (Å²) in [5.74, 6) is 0.583. The zero-order chi connectivity index (χ0) is 25.3. The molecule has 1 aromatic carbocycles. The van der Waals surface area contributed by atoms with Crippen LogP contribution in [0.15, 0.2) is 46.3 Å². The van der Waals surface area contributed by atoms with Crippen molar-refractivity contribution in [1.29, 1.82) is 0 Å². The van der Waals surface area contributed by atoms with E-state index in [1.165, 1.54) is 9.80 Å². The van der Waals surface area contributed by atoms with Gasteiger partial charge in [0.05, 0.1) is 17.0 Å². The summed E-state index contributed by atoms with van der Waals surface area (Å²) in [5, 5.41) is 16.2. The predicted octanol–water partition coefficient (Wildman–Crippen LogP) is 4.38. The molecule has 3 heterocycles. The van der Waals surface area contributed by atoms with Gasteiger partial charge in [-0.15, -0.1) is 0 Å². The number of nitrogens with zero attached hydrogens (tertiary/aromatic N) is 5. The van der Waals surface area contributed by atoms with Gasteiger partial charge in [0, 0.05) is 30.4 Å². The Morgan fingerprint density at radius 3 is 2.69 bits per heavy atom. The van der Waals surface area contributed by atoms with Crippen molar-refractivity contribution < 1.29 is 19.4 Å². The topological polar surface area (TPSA) is 101 Å². The summed E-state index contributed by atoms with van der Waals surface area (Å²) >= 11 is 6.51. The van der Waals surface area contributed by atoms with Crippen molar-refractivity contribution in [2.75, 3.05) is 19.8 Å². The van der Waals surface area contributed by atoms with Gasteiger partial charge >= 0.3 is 17.7 Å². The maximum absolute atomic E-state index is 13.4. The smallest absolute Gasteiger partial charge is 0.408 e. The fourth-order valence-corrected chi connectivity index (χ4v) is 5.10. The summed E-state index contributed by atoms with van der Waals surface area (Å²) in [6, 6.07) is 7.31. The minimum absolute atomic E-state index is 0.0504. The van der Waals surface area contributed by atoms with Crippen molar-refractivity contribution in [3.05, 3.63) is 47.3 Å². The van der Waals surface area contributed by atoms with Gasteiger partial charge in [0.2, 0.25) is 0 Å². The molecule has 3 aliphatic rings. The van der Waals surface area contributed by atoms with E-state index in [0.29, 0.717) is 25.3 Å². The number of aliphatic imine (C=N–C) groups is 1. The van der Waals surface area contributed by atoms with Crippen LogP contribution >= 0.6 is 11.6 Å². The monoisotopic (exact) mass is 501 g/mol. The van der Waals surface area contributed by atoms with Crippen LogP contribution in [-0.4, -0.2) is 63.3 Å². The van der Waals surface area contributed by atoms with Crippen LogP contribution in [0.5, 0.6) is 0 Å². The number of benzene rings is 1. The van der Waals surface area contributed by atoms with Gasteiger partial charge in [0.1, 0.15) is 6.20 Å². The van der Waals surface area contributed by atoms with Gasteiger partial charge in [-0.3, -0.25) is 14.6 Å². The first-order valence-corrected chi connectivity index (χ1v) is 12.3. The third kappa shape index (κ3) is 5.27. The standard InChI is InChI=1S/C25H32ClN5O4/c1-16-6-5-7-18(14-16)19(30(24(33)34)25(2,3)4)8-11-29-22(32)20-15-27-21(31(20)28-23(29)26)17-9-12-35-13-10-17/h5-7,14-15,17,19H,8-13H2,1-4H3,(H,33,34)/q+1. The zero-order valence-corrected chi connectivity index (χ0v) is 21.3. The van der Waals surface area contributed by atoms with E-state index < -0.39 is 17.7 Å². The van der Waals surface area contributed by atoms with Crippen molar-refractivity contribution in [2.24, 2.45) is 16.0 Å². The molecule has 3 aliphatic heterocycles. The highest BCUT2D eigenvalue weighted by molar-refractivity contribution is 6.66. The minimum Gasteiger partial charge on any atom is -0.465 e. The molecule has 4 rings (SSSR count). The number of hydrogen-bond donors (Lipinski definition) is 1. The number of ether oxygens (including phenoxy) is 1. The zero-order valence-electron chi connectivity index (χ0n) is 20.6. The number of hydrogen-bond acceptors (Lipinski definition) is 6. The molecule has 35 heavy (non-hydrogen) atoms. The minimum atomic E-state index is -1.02. The third-order valence-electron chi connectivity index (χ3n) is 6.51. The van der Waals surface area contributed by atoms with Crippen molar-refractivity contribution in [2.45, 2.75) is 58.5 Å².